The van der Waals surface area contributed by atoms with Gasteiger partial charge < -0.3 is 14.2 Å². The van der Waals surface area contributed by atoms with E-state index in [1.54, 1.807) is 13.8 Å². The third-order valence-electron chi connectivity index (χ3n) is 4.96. The molecule has 0 heterocycles. The molecule has 5 nitrogen and oxygen atoms in total. The number of aryl methyl sites for hydroxylation is 1. The van der Waals surface area contributed by atoms with Gasteiger partial charge in [-0.3, -0.25) is 0 Å². The Bertz CT molecular complexity index is 1060. The van der Waals surface area contributed by atoms with Gasteiger partial charge in [-0.1, -0.05) is 67.9 Å². The maximum absolute atomic E-state index is 13.1. The lowest BCUT2D eigenvalue weighted by Gasteiger charge is -2.21. The van der Waals surface area contributed by atoms with Crippen molar-refractivity contribution in [3.63, 3.8) is 0 Å². The number of esters is 2. The van der Waals surface area contributed by atoms with Gasteiger partial charge in [0.15, 0.2) is 0 Å². The van der Waals surface area contributed by atoms with Crippen LogP contribution in [0.1, 0.15) is 59.0 Å². The lowest BCUT2D eigenvalue weighted by molar-refractivity contribution is 0.0474. The minimum absolute atomic E-state index is 0.137. The van der Waals surface area contributed by atoms with Gasteiger partial charge in [-0.15, -0.1) is 0 Å². The highest BCUT2D eigenvalue weighted by atomic mass is 16.5. The lowest BCUT2D eigenvalue weighted by atomic mass is 9.90. The van der Waals surface area contributed by atoms with Crippen molar-refractivity contribution >= 4 is 22.7 Å². The first kappa shape index (κ1) is 22.3. The monoisotopic (exact) mass is 420 g/mol. The van der Waals surface area contributed by atoms with Crippen molar-refractivity contribution in [1.29, 1.82) is 0 Å². The van der Waals surface area contributed by atoms with Crippen LogP contribution in [0.4, 0.5) is 0 Å². The van der Waals surface area contributed by atoms with Crippen molar-refractivity contribution in [2.75, 3.05) is 13.2 Å². The van der Waals surface area contributed by atoms with E-state index in [1.165, 1.54) is 0 Å². The van der Waals surface area contributed by atoms with Crippen LogP contribution >= 0.6 is 0 Å². The number of benzene rings is 3. The second-order valence-corrected chi connectivity index (χ2v) is 7.07. The van der Waals surface area contributed by atoms with Crippen LogP contribution in [0.5, 0.6) is 5.75 Å². The summed E-state index contributed by atoms with van der Waals surface area (Å²) in [6, 6.07) is 17.4. The molecular formula is C26H28O5. The van der Waals surface area contributed by atoms with Crippen molar-refractivity contribution in [2.24, 2.45) is 0 Å². The van der Waals surface area contributed by atoms with Gasteiger partial charge in [0.05, 0.1) is 18.8 Å². The van der Waals surface area contributed by atoms with E-state index in [0.29, 0.717) is 12.2 Å². The van der Waals surface area contributed by atoms with Crippen molar-refractivity contribution in [3.05, 3.63) is 76.9 Å². The highest BCUT2D eigenvalue weighted by Gasteiger charge is 2.30. The molecule has 0 bridgehead atoms. The highest BCUT2D eigenvalue weighted by Crippen LogP contribution is 2.38. The van der Waals surface area contributed by atoms with Crippen LogP contribution in [-0.2, 0) is 22.5 Å². The second kappa shape index (κ2) is 10.6. The van der Waals surface area contributed by atoms with E-state index in [2.05, 4.69) is 0 Å². The minimum atomic E-state index is -0.586. The summed E-state index contributed by atoms with van der Waals surface area (Å²) in [4.78, 5) is 26.2. The quantitative estimate of drug-likeness (QED) is 0.414. The Hall–Kier alpha value is -3.34. The Morgan fingerprint density at radius 1 is 0.742 bits per heavy atom. The molecule has 3 rings (SSSR count). The van der Waals surface area contributed by atoms with E-state index < -0.39 is 11.9 Å². The average Bonchev–Trinajstić information content (AvgIpc) is 2.79. The Morgan fingerprint density at radius 2 is 1.32 bits per heavy atom. The number of ether oxygens (including phenoxy) is 3. The molecule has 0 aliphatic carbocycles. The highest BCUT2D eigenvalue weighted by molar-refractivity contribution is 6.13. The van der Waals surface area contributed by atoms with Crippen molar-refractivity contribution in [2.45, 2.75) is 40.2 Å². The molecule has 0 spiro atoms. The largest absolute Gasteiger partial charge is 0.487 e. The van der Waals surface area contributed by atoms with Gasteiger partial charge in [-0.25, -0.2) is 9.59 Å². The summed E-state index contributed by atoms with van der Waals surface area (Å²) in [5, 5.41) is 1.65. The molecule has 0 fully saturated rings. The molecule has 0 aromatic heterocycles. The molecule has 0 aliphatic rings. The first-order valence-electron chi connectivity index (χ1n) is 10.7. The van der Waals surface area contributed by atoms with Gasteiger partial charge in [-0.05, 0) is 36.8 Å². The maximum Gasteiger partial charge on any atom is 0.342 e. The fraction of sp³-hybridized carbons (Fsp3) is 0.308. The van der Waals surface area contributed by atoms with Crippen LogP contribution in [0.2, 0.25) is 0 Å². The molecular weight excluding hydrogens is 392 g/mol. The van der Waals surface area contributed by atoms with Gasteiger partial charge in [0.1, 0.15) is 17.9 Å². The van der Waals surface area contributed by atoms with Gasteiger partial charge >= 0.3 is 11.9 Å². The normalized spacial score (nSPS) is 10.7. The van der Waals surface area contributed by atoms with Crippen LogP contribution in [0.25, 0.3) is 10.8 Å². The Morgan fingerprint density at radius 3 is 1.94 bits per heavy atom. The molecule has 162 valence electrons. The molecule has 0 saturated heterocycles. The van der Waals surface area contributed by atoms with Crippen molar-refractivity contribution in [1.82, 2.24) is 0 Å². The average molecular weight is 421 g/mol. The van der Waals surface area contributed by atoms with Crippen LogP contribution in [0.3, 0.4) is 0 Å². The topological polar surface area (TPSA) is 61.8 Å². The Kier molecular flexibility index (Phi) is 7.65. The summed E-state index contributed by atoms with van der Waals surface area (Å²) >= 11 is 0. The number of rotatable bonds is 9. The number of hydrogen-bond acceptors (Lipinski definition) is 5. The summed E-state index contributed by atoms with van der Waals surface area (Å²) in [6.45, 7) is 6.17. The molecule has 0 amide bonds. The molecule has 3 aromatic carbocycles. The van der Waals surface area contributed by atoms with Gasteiger partial charge in [0.25, 0.3) is 0 Å². The summed E-state index contributed by atoms with van der Waals surface area (Å²) < 4.78 is 16.9. The zero-order chi connectivity index (χ0) is 22.2. The Balaban J connectivity index is 2.29. The first-order chi connectivity index (χ1) is 15.1. The Labute approximate surface area is 182 Å². The van der Waals surface area contributed by atoms with E-state index in [1.807, 2.05) is 61.5 Å². The van der Waals surface area contributed by atoms with E-state index in [-0.39, 0.29) is 30.9 Å². The lowest BCUT2D eigenvalue weighted by Crippen LogP contribution is -2.19. The van der Waals surface area contributed by atoms with E-state index in [0.717, 1.165) is 28.3 Å². The van der Waals surface area contributed by atoms with Crippen molar-refractivity contribution < 1.29 is 23.8 Å². The third-order valence-corrected chi connectivity index (χ3v) is 4.96. The van der Waals surface area contributed by atoms with Crippen LogP contribution in [0.15, 0.2) is 54.6 Å². The number of carbonyl (C=O) groups excluding carboxylic acids is 2. The predicted molar refractivity (Wildman–Crippen MR) is 121 cm³/mol. The summed E-state index contributed by atoms with van der Waals surface area (Å²) in [5.74, 6) is -0.776. The summed E-state index contributed by atoms with van der Waals surface area (Å²) in [7, 11) is 0. The molecule has 3 aromatic rings. The first-order valence-corrected chi connectivity index (χ1v) is 10.7. The molecule has 31 heavy (non-hydrogen) atoms. The van der Waals surface area contributed by atoms with Gasteiger partial charge in [0, 0.05) is 5.39 Å². The number of carbonyl (C=O) groups is 2. The smallest absolute Gasteiger partial charge is 0.342 e. The van der Waals surface area contributed by atoms with Crippen molar-refractivity contribution in [3.8, 4) is 5.75 Å². The fourth-order valence-electron chi connectivity index (χ4n) is 3.69. The molecule has 5 heteroatoms. The second-order valence-electron chi connectivity index (χ2n) is 7.07. The molecule has 0 N–H and O–H groups in total. The van der Waals surface area contributed by atoms with Crippen LogP contribution in [-0.4, -0.2) is 25.2 Å². The molecule has 0 aliphatic heterocycles. The van der Waals surface area contributed by atoms with E-state index in [4.69, 9.17) is 14.2 Å². The van der Waals surface area contributed by atoms with E-state index in [9.17, 15) is 9.59 Å². The molecule has 0 atom stereocenters. The minimum Gasteiger partial charge on any atom is -0.487 e. The van der Waals surface area contributed by atoms with Gasteiger partial charge in [0.2, 0.25) is 0 Å². The number of fused-ring (bicyclic) bond motifs is 1. The summed E-state index contributed by atoms with van der Waals surface area (Å²) in [5.41, 5.74) is 2.12. The molecule has 0 unspecified atom stereocenters. The predicted octanol–water partition coefficient (Wildman–Crippen LogP) is 5.72. The number of hydrogen-bond donors (Lipinski definition) is 0. The maximum atomic E-state index is 13.1. The molecule has 0 saturated carbocycles. The fourth-order valence-corrected chi connectivity index (χ4v) is 3.69. The zero-order valence-corrected chi connectivity index (χ0v) is 18.3. The van der Waals surface area contributed by atoms with E-state index >= 15 is 0 Å². The van der Waals surface area contributed by atoms with Crippen LogP contribution < -0.4 is 4.74 Å². The molecule has 0 radical (unpaired) electrons. The van der Waals surface area contributed by atoms with Gasteiger partial charge in [-0.2, -0.15) is 0 Å². The summed E-state index contributed by atoms with van der Waals surface area (Å²) in [6.07, 6.45) is 1.43. The third kappa shape index (κ3) is 4.88. The SMILES string of the molecule is CCCc1c(C(=O)OCC)c(C(=O)OCC)c(OCc2ccccc2)c2ccccc12. The zero-order valence-electron chi connectivity index (χ0n) is 18.3. The standard InChI is InChI=1S/C26H28O5/c1-4-12-20-19-15-10-11-16-21(19)24(31-17-18-13-8-7-9-14-18)23(26(28)30-6-3)22(20)25(27)29-5-2/h7-11,13-16H,4-6,12,17H2,1-3H3. The van der Waals surface area contributed by atoms with Crippen LogP contribution in [0, 0.1) is 0 Å².